The fraction of sp³-hybridized carbons (Fsp3) is 0.0625. The fourth-order valence-corrected chi connectivity index (χ4v) is 2.15. The van der Waals surface area contributed by atoms with Gasteiger partial charge in [0.15, 0.2) is 0 Å². The van der Waals surface area contributed by atoms with Crippen molar-refractivity contribution in [1.29, 1.82) is 0 Å². The van der Waals surface area contributed by atoms with Gasteiger partial charge in [-0.1, -0.05) is 36.4 Å². The summed E-state index contributed by atoms with van der Waals surface area (Å²) in [5.74, 6) is 0. The molecule has 0 fully saturated rings. The van der Waals surface area contributed by atoms with Gasteiger partial charge in [-0.25, -0.2) is 4.68 Å². The van der Waals surface area contributed by atoms with Gasteiger partial charge in [-0.2, -0.15) is 5.10 Å². The second-order valence-corrected chi connectivity index (χ2v) is 4.37. The van der Waals surface area contributed by atoms with Crippen molar-refractivity contribution in [3.63, 3.8) is 0 Å². The lowest BCUT2D eigenvalue weighted by Gasteiger charge is -2.08. The van der Waals surface area contributed by atoms with Crippen LogP contribution in [0.5, 0.6) is 0 Å². The Morgan fingerprint density at radius 3 is 2.58 bits per heavy atom. The average molecular weight is 249 g/mol. The van der Waals surface area contributed by atoms with Gasteiger partial charge in [0.05, 0.1) is 17.6 Å². The summed E-state index contributed by atoms with van der Waals surface area (Å²) in [5.41, 5.74) is 10.1. The van der Waals surface area contributed by atoms with E-state index in [0.717, 1.165) is 22.5 Å². The predicted octanol–water partition coefficient (Wildman–Crippen LogP) is 3.00. The van der Waals surface area contributed by atoms with Crippen LogP contribution in [0.25, 0.3) is 16.9 Å². The second-order valence-electron chi connectivity index (χ2n) is 4.37. The van der Waals surface area contributed by atoms with Crippen LogP contribution in [-0.2, 0) is 6.54 Å². The Bertz CT molecular complexity index is 671. The SMILES string of the molecule is NCc1cccc(-c2ccnn2-c2ccccc2)c1. The Hall–Kier alpha value is -2.39. The second kappa shape index (κ2) is 5.08. The molecule has 2 N–H and O–H groups in total. The van der Waals surface area contributed by atoms with E-state index in [1.807, 2.05) is 59.4 Å². The Labute approximate surface area is 112 Å². The molecule has 19 heavy (non-hydrogen) atoms. The lowest BCUT2D eigenvalue weighted by Crippen LogP contribution is -2.00. The molecule has 0 atom stereocenters. The highest BCUT2D eigenvalue weighted by molar-refractivity contribution is 5.62. The predicted molar refractivity (Wildman–Crippen MR) is 76.9 cm³/mol. The van der Waals surface area contributed by atoms with Gasteiger partial charge in [-0.05, 0) is 29.8 Å². The summed E-state index contributed by atoms with van der Waals surface area (Å²) < 4.78 is 1.94. The number of nitrogens with two attached hydrogens (primary N) is 1. The van der Waals surface area contributed by atoms with E-state index in [2.05, 4.69) is 17.2 Å². The van der Waals surface area contributed by atoms with Crippen LogP contribution in [-0.4, -0.2) is 9.78 Å². The van der Waals surface area contributed by atoms with E-state index in [4.69, 9.17) is 5.73 Å². The summed E-state index contributed by atoms with van der Waals surface area (Å²) >= 11 is 0. The Morgan fingerprint density at radius 2 is 1.79 bits per heavy atom. The maximum atomic E-state index is 5.70. The van der Waals surface area contributed by atoms with Gasteiger partial charge in [0.25, 0.3) is 0 Å². The van der Waals surface area contributed by atoms with E-state index in [9.17, 15) is 0 Å². The molecule has 1 heterocycles. The Balaban J connectivity index is 2.09. The van der Waals surface area contributed by atoms with Crippen LogP contribution in [0.2, 0.25) is 0 Å². The van der Waals surface area contributed by atoms with Crippen molar-refractivity contribution in [3.05, 3.63) is 72.4 Å². The third-order valence-corrected chi connectivity index (χ3v) is 3.10. The Morgan fingerprint density at radius 1 is 0.947 bits per heavy atom. The fourth-order valence-electron chi connectivity index (χ4n) is 2.15. The van der Waals surface area contributed by atoms with Gasteiger partial charge in [0.2, 0.25) is 0 Å². The molecule has 0 spiro atoms. The molecule has 0 unspecified atom stereocenters. The maximum Gasteiger partial charge on any atom is 0.0741 e. The highest BCUT2D eigenvalue weighted by atomic mass is 15.3. The van der Waals surface area contributed by atoms with Crippen molar-refractivity contribution in [3.8, 4) is 16.9 Å². The molecule has 3 nitrogen and oxygen atoms in total. The van der Waals surface area contributed by atoms with Gasteiger partial charge in [0, 0.05) is 12.1 Å². The Kier molecular flexibility index (Phi) is 3.12. The van der Waals surface area contributed by atoms with Crippen molar-refractivity contribution in [2.75, 3.05) is 0 Å². The molecule has 0 saturated heterocycles. The number of benzene rings is 2. The van der Waals surface area contributed by atoms with E-state index < -0.39 is 0 Å². The standard InChI is InChI=1S/C16H15N3/c17-12-13-5-4-6-14(11-13)16-9-10-18-19(16)15-7-2-1-3-8-15/h1-11H,12,17H2. The molecule has 1 aromatic heterocycles. The number of hydrogen-bond acceptors (Lipinski definition) is 2. The summed E-state index contributed by atoms with van der Waals surface area (Å²) in [5, 5.41) is 4.40. The van der Waals surface area contributed by atoms with Crippen molar-refractivity contribution in [1.82, 2.24) is 9.78 Å². The minimum absolute atomic E-state index is 0.549. The summed E-state index contributed by atoms with van der Waals surface area (Å²) in [4.78, 5) is 0. The normalized spacial score (nSPS) is 10.6. The molecule has 0 aliphatic heterocycles. The molecule has 3 heteroatoms. The van der Waals surface area contributed by atoms with Crippen molar-refractivity contribution in [2.24, 2.45) is 5.73 Å². The first kappa shape index (κ1) is 11.7. The molecule has 0 saturated carbocycles. The molecule has 0 aliphatic carbocycles. The minimum atomic E-state index is 0.549. The number of nitrogens with zero attached hydrogens (tertiary/aromatic N) is 2. The maximum absolute atomic E-state index is 5.70. The van der Waals surface area contributed by atoms with Crippen LogP contribution in [0.3, 0.4) is 0 Å². The molecule has 2 aromatic carbocycles. The lowest BCUT2D eigenvalue weighted by atomic mass is 10.1. The number of para-hydroxylation sites is 1. The first-order valence-corrected chi connectivity index (χ1v) is 6.27. The highest BCUT2D eigenvalue weighted by Crippen LogP contribution is 2.23. The minimum Gasteiger partial charge on any atom is -0.326 e. The molecule has 3 rings (SSSR count). The number of hydrogen-bond donors (Lipinski definition) is 1. The molecular weight excluding hydrogens is 234 g/mol. The third kappa shape index (κ3) is 2.28. The zero-order valence-corrected chi connectivity index (χ0v) is 10.5. The molecule has 94 valence electrons. The first-order chi connectivity index (χ1) is 9.38. The lowest BCUT2D eigenvalue weighted by molar-refractivity contribution is 0.887. The van der Waals surface area contributed by atoms with Crippen LogP contribution >= 0.6 is 0 Å². The van der Waals surface area contributed by atoms with Crippen molar-refractivity contribution < 1.29 is 0 Å². The number of aromatic nitrogens is 2. The topological polar surface area (TPSA) is 43.8 Å². The number of rotatable bonds is 3. The van der Waals surface area contributed by atoms with Gasteiger partial charge in [0.1, 0.15) is 0 Å². The largest absolute Gasteiger partial charge is 0.326 e. The molecule has 3 aromatic rings. The first-order valence-electron chi connectivity index (χ1n) is 6.27. The summed E-state index contributed by atoms with van der Waals surface area (Å²) in [6.07, 6.45) is 1.82. The summed E-state index contributed by atoms with van der Waals surface area (Å²) in [7, 11) is 0. The third-order valence-electron chi connectivity index (χ3n) is 3.10. The van der Waals surface area contributed by atoms with Crippen LogP contribution in [0, 0.1) is 0 Å². The van der Waals surface area contributed by atoms with E-state index >= 15 is 0 Å². The van der Waals surface area contributed by atoms with Crippen LogP contribution in [0.4, 0.5) is 0 Å². The van der Waals surface area contributed by atoms with E-state index in [0.29, 0.717) is 6.54 Å². The molecule has 0 aliphatic rings. The van der Waals surface area contributed by atoms with Gasteiger partial charge in [-0.3, -0.25) is 0 Å². The van der Waals surface area contributed by atoms with Crippen LogP contribution < -0.4 is 5.73 Å². The van der Waals surface area contributed by atoms with Crippen molar-refractivity contribution in [2.45, 2.75) is 6.54 Å². The molecular formula is C16H15N3. The van der Waals surface area contributed by atoms with E-state index in [1.54, 1.807) is 0 Å². The zero-order valence-electron chi connectivity index (χ0n) is 10.5. The summed E-state index contributed by atoms with van der Waals surface area (Å²) in [6.45, 7) is 0.549. The quantitative estimate of drug-likeness (QED) is 0.775. The monoisotopic (exact) mass is 249 g/mol. The van der Waals surface area contributed by atoms with Crippen LogP contribution in [0.15, 0.2) is 66.9 Å². The van der Waals surface area contributed by atoms with Crippen LogP contribution in [0.1, 0.15) is 5.56 Å². The van der Waals surface area contributed by atoms with Gasteiger partial charge < -0.3 is 5.73 Å². The van der Waals surface area contributed by atoms with Gasteiger partial charge >= 0.3 is 0 Å². The van der Waals surface area contributed by atoms with Gasteiger partial charge in [-0.15, -0.1) is 0 Å². The van der Waals surface area contributed by atoms with E-state index in [-0.39, 0.29) is 0 Å². The summed E-state index contributed by atoms with van der Waals surface area (Å²) in [6, 6.07) is 20.4. The molecule has 0 radical (unpaired) electrons. The highest BCUT2D eigenvalue weighted by Gasteiger charge is 2.07. The molecule has 0 bridgehead atoms. The van der Waals surface area contributed by atoms with Crippen molar-refractivity contribution >= 4 is 0 Å². The van der Waals surface area contributed by atoms with E-state index in [1.165, 1.54) is 0 Å². The molecule has 0 amide bonds. The average Bonchev–Trinajstić information content (AvgIpc) is 2.98. The smallest absolute Gasteiger partial charge is 0.0741 e. The zero-order chi connectivity index (χ0) is 13.1.